The summed E-state index contributed by atoms with van der Waals surface area (Å²) >= 11 is 0. The lowest BCUT2D eigenvalue weighted by Gasteiger charge is -2.33. The fourth-order valence-corrected chi connectivity index (χ4v) is 3.62. The number of anilines is 1. The van der Waals surface area contributed by atoms with E-state index in [0.717, 1.165) is 5.69 Å². The van der Waals surface area contributed by atoms with Crippen molar-refractivity contribution >= 4 is 15.5 Å². The summed E-state index contributed by atoms with van der Waals surface area (Å²) in [5.41, 5.74) is 1.11. The van der Waals surface area contributed by atoms with E-state index in [1.807, 2.05) is 12.1 Å². The van der Waals surface area contributed by atoms with E-state index in [9.17, 15) is 8.42 Å². The molecule has 106 valence electrons. The molecule has 1 aromatic rings. The summed E-state index contributed by atoms with van der Waals surface area (Å²) in [6.07, 6.45) is 6.43. The molecular formula is C15H23NO2S. The Morgan fingerprint density at radius 3 is 2.21 bits per heavy atom. The first-order valence-electron chi connectivity index (χ1n) is 7.10. The van der Waals surface area contributed by atoms with Gasteiger partial charge >= 0.3 is 0 Å². The van der Waals surface area contributed by atoms with Crippen LogP contribution in [0.25, 0.3) is 0 Å². The molecule has 0 atom stereocenters. The maximum absolute atomic E-state index is 11.8. The minimum atomic E-state index is -3.08. The molecule has 0 aliphatic heterocycles. The summed E-state index contributed by atoms with van der Waals surface area (Å²) in [5.74, 6) is 0.158. The van der Waals surface area contributed by atoms with E-state index in [1.165, 1.54) is 32.1 Å². The fraction of sp³-hybridized carbons (Fsp3) is 0.600. The van der Waals surface area contributed by atoms with Crippen LogP contribution in [0.4, 0.5) is 5.69 Å². The van der Waals surface area contributed by atoms with E-state index in [-0.39, 0.29) is 5.75 Å². The van der Waals surface area contributed by atoms with Crippen molar-refractivity contribution in [1.29, 1.82) is 0 Å². The smallest absolute Gasteiger partial charge is 0.178 e. The zero-order valence-corrected chi connectivity index (χ0v) is 12.6. The molecule has 0 bridgehead atoms. The van der Waals surface area contributed by atoms with Gasteiger partial charge in [0.15, 0.2) is 9.84 Å². The summed E-state index contributed by atoms with van der Waals surface area (Å²) in [7, 11) is -0.974. The number of nitrogens with zero attached hydrogens (tertiary/aromatic N) is 1. The highest BCUT2D eigenvalue weighted by atomic mass is 32.2. The standard InChI is InChI=1S/C15H23NO2S/c1-3-19(17,18)15-11-9-14(10-12-15)16(2)13-7-5-4-6-8-13/h9-13H,3-8H2,1-2H3. The maximum atomic E-state index is 11.8. The Kier molecular flexibility index (Phi) is 4.50. The molecule has 2 rings (SSSR count). The van der Waals surface area contributed by atoms with Crippen molar-refractivity contribution in [3.63, 3.8) is 0 Å². The number of hydrogen-bond acceptors (Lipinski definition) is 3. The zero-order valence-electron chi connectivity index (χ0n) is 11.8. The highest BCUT2D eigenvalue weighted by Gasteiger charge is 2.19. The first-order valence-corrected chi connectivity index (χ1v) is 8.75. The van der Waals surface area contributed by atoms with E-state index >= 15 is 0 Å². The summed E-state index contributed by atoms with van der Waals surface area (Å²) in [5, 5.41) is 0. The average Bonchev–Trinajstić information content (AvgIpc) is 2.47. The normalized spacial score (nSPS) is 17.4. The van der Waals surface area contributed by atoms with Gasteiger partial charge in [0, 0.05) is 18.8 Å². The number of benzene rings is 1. The van der Waals surface area contributed by atoms with Crippen LogP contribution in [-0.4, -0.2) is 27.3 Å². The van der Waals surface area contributed by atoms with Gasteiger partial charge in [0.1, 0.15) is 0 Å². The van der Waals surface area contributed by atoms with E-state index in [1.54, 1.807) is 19.1 Å². The van der Waals surface area contributed by atoms with Gasteiger partial charge in [-0.3, -0.25) is 0 Å². The molecule has 0 aromatic heterocycles. The van der Waals surface area contributed by atoms with Gasteiger partial charge in [-0.15, -0.1) is 0 Å². The molecule has 0 saturated heterocycles. The Labute approximate surface area is 116 Å². The third kappa shape index (κ3) is 3.30. The van der Waals surface area contributed by atoms with Crippen LogP contribution in [0, 0.1) is 0 Å². The summed E-state index contributed by atoms with van der Waals surface area (Å²) in [4.78, 5) is 2.72. The van der Waals surface area contributed by atoms with Gasteiger partial charge in [0.25, 0.3) is 0 Å². The predicted molar refractivity (Wildman–Crippen MR) is 79.4 cm³/mol. The van der Waals surface area contributed by atoms with Crippen LogP contribution in [0.1, 0.15) is 39.0 Å². The molecule has 0 radical (unpaired) electrons. The fourth-order valence-electron chi connectivity index (χ4n) is 2.73. The third-order valence-corrected chi connectivity index (χ3v) is 5.86. The summed E-state index contributed by atoms with van der Waals surface area (Å²) in [6.45, 7) is 1.68. The second kappa shape index (κ2) is 5.95. The van der Waals surface area contributed by atoms with Crippen LogP contribution in [0.3, 0.4) is 0 Å². The topological polar surface area (TPSA) is 37.4 Å². The predicted octanol–water partition coefficient (Wildman–Crippen LogP) is 3.25. The Bertz CT molecular complexity index is 501. The highest BCUT2D eigenvalue weighted by Crippen LogP contribution is 2.26. The molecule has 0 heterocycles. The molecule has 1 saturated carbocycles. The molecular weight excluding hydrogens is 258 g/mol. The van der Waals surface area contributed by atoms with Crippen LogP contribution >= 0.6 is 0 Å². The van der Waals surface area contributed by atoms with Gasteiger partial charge in [-0.25, -0.2) is 8.42 Å². The molecule has 0 spiro atoms. The largest absolute Gasteiger partial charge is 0.372 e. The Hall–Kier alpha value is -1.03. The van der Waals surface area contributed by atoms with Crippen molar-refractivity contribution in [3.8, 4) is 0 Å². The molecule has 1 fully saturated rings. The average molecular weight is 281 g/mol. The van der Waals surface area contributed by atoms with Crippen molar-refractivity contribution in [3.05, 3.63) is 24.3 Å². The van der Waals surface area contributed by atoms with Gasteiger partial charge in [0.05, 0.1) is 10.6 Å². The monoisotopic (exact) mass is 281 g/mol. The molecule has 4 heteroatoms. The van der Waals surface area contributed by atoms with Crippen molar-refractivity contribution in [2.75, 3.05) is 17.7 Å². The molecule has 0 N–H and O–H groups in total. The van der Waals surface area contributed by atoms with E-state index < -0.39 is 9.84 Å². The highest BCUT2D eigenvalue weighted by molar-refractivity contribution is 7.91. The lowest BCUT2D eigenvalue weighted by atomic mass is 9.94. The minimum absolute atomic E-state index is 0.158. The quantitative estimate of drug-likeness (QED) is 0.850. The molecule has 19 heavy (non-hydrogen) atoms. The van der Waals surface area contributed by atoms with Crippen molar-refractivity contribution in [1.82, 2.24) is 0 Å². The van der Waals surface area contributed by atoms with Gasteiger partial charge in [-0.1, -0.05) is 26.2 Å². The van der Waals surface area contributed by atoms with Crippen LogP contribution in [0.15, 0.2) is 29.2 Å². The van der Waals surface area contributed by atoms with Crippen LogP contribution in [-0.2, 0) is 9.84 Å². The summed E-state index contributed by atoms with van der Waals surface area (Å²) in [6, 6.07) is 7.91. The Balaban J connectivity index is 2.13. The Morgan fingerprint density at radius 2 is 1.68 bits per heavy atom. The second-order valence-corrected chi connectivity index (χ2v) is 7.58. The first kappa shape index (κ1) is 14.4. The molecule has 1 aliphatic rings. The number of sulfone groups is 1. The van der Waals surface area contributed by atoms with Crippen molar-refractivity contribution < 1.29 is 8.42 Å². The van der Waals surface area contributed by atoms with Gasteiger partial charge in [-0.05, 0) is 37.1 Å². The number of rotatable bonds is 4. The van der Waals surface area contributed by atoms with Crippen LogP contribution in [0.5, 0.6) is 0 Å². The van der Waals surface area contributed by atoms with E-state index in [2.05, 4.69) is 11.9 Å². The first-order chi connectivity index (χ1) is 9.04. The van der Waals surface area contributed by atoms with E-state index in [4.69, 9.17) is 0 Å². The van der Waals surface area contributed by atoms with Crippen molar-refractivity contribution in [2.24, 2.45) is 0 Å². The Morgan fingerprint density at radius 1 is 1.11 bits per heavy atom. The zero-order chi connectivity index (χ0) is 13.9. The molecule has 0 amide bonds. The van der Waals surface area contributed by atoms with Crippen LogP contribution < -0.4 is 4.90 Å². The summed E-state index contributed by atoms with van der Waals surface area (Å²) < 4.78 is 23.5. The number of hydrogen-bond donors (Lipinski definition) is 0. The van der Waals surface area contributed by atoms with Gasteiger partial charge in [-0.2, -0.15) is 0 Å². The van der Waals surface area contributed by atoms with Crippen LogP contribution in [0.2, 0.25) is 0 Å². The SMILES string of the molecule is CCS(=O)(=O)c1ccc(N(C)C2CCCCC2)cc1. The van der Waals surface area contributed by atoms with Crippen molar-refractivity contribution in [2.45, 2.75) is 50.0 Å². The maximum Gasteiger partial charge on any atom is 0.178 e. The lowest BCUT2D eigenvalue weighted by Crippen LogP contribution is -2.33. The molecule has 1 aromatic carbocycles. The third-order valence-electron chi connectivity index (χ3n) is 4.11. The molecule has 3 nitrogen and oxygen atoms in total. The van der Waals surface area contributed by atoms with Gasteiger partial charge < -0.3 is 4.90 Å². The molecule has 1 aliphatic carbocycles. The molecule has 0 unspecified atom stereocenters. The minimum Gasteiger partial charge on any atom is -0.372 e. The second-order valence-electron chi connectivity index (χ2n) is 5.30. The lowest BCUT2D eigenvalue weighted by molar-refractivity contribution is 0.427. The van der Waals surface area contributed by atoms with Gasteiger partial charge in [0.2, 0.25) is 0 Å². The van der Waals surface area contributed by atoms with E-state index in [0.29, 0.717) is 10.9 Å².